The van der Waals surface area contributed by atoms with Crippen molar-refractivity contribution in [2.75, 3.05) is 31.0 Å². The van der Waals surface area contributed by atoms with E-state index < -0.39 is 11.4 Å². The highest BCUT2D eigenvalue weighted by Crippen LogP contribution is 2.32. The maximum Gasteiger partial charge on any atom is 0.269 e. The Morgan fingerprint density at radius 2 is 1.86 bits per heavy atom. The summed E-state index contributed by atoms with van der Waals surface area (Å²) in [6.45, 7) is 12.6. The fourth-order valence-electron chi connectivity index (χ4n) is 5.61. The van der Waals surface area contributed by atoms with Gasteiger partial charge in [0.05, 0.1) is 12.3 Å². The second-order valence-electron chi connectivity index (χ2n) is 10.7. The summed E-state index contributed by atoms with van der Waals surface area (Å²) in [5.41, 5.74) is 5.32. The Morgan fingerprint density at radius 3 is 2.64 bits per heavy atom. The van der Waals surface area contributed by atoms with Crippen LogP contribution in [0.3, 0.4) is 0 Å². The first-order chi connectivity index (χ1) is 17.4. The number of anilines is 1. The van der Waals surface area contributed by atoms with Gasteiger partial charge in [0.1, 0.15) is 11.4 Å². The second kappa shape index (κ2) is 10.8. The van der Waals surface area contributed by atoms with Gasteiger partial charge in [-0.2, -0.15) is 9.71 Å². The van der Waals surface area contributed by atoms with Crippen LogP contribution in [0.15, 0.2) is 53.4 Å². The fourth-order valence-corrected chi connectivity index (χ4v) is 6.45. The SMILES string of the molecule is Cc1cccc(C)c1-c1cc2nc(n1)N[S+]([O-])c1cccc(c1)CC1CCN(CC(C)C)C[C@@H]1CO2. The maximum absolute atomic E-state index is 13.3. The Hall–Kier alpha value is -2.61. The third-order valence-corrected chi connectivity index (χ3v) is 8.33. The molecule has 2 aliphatic heterocycles. The molecule has 1 fully saturated rings. The number of nitrogens with zero attached hydrogens (tertiary/aromatic N) is 3. The highest BCUT2D eigenvalue weighted by molar-refractivity contribution is 7.92. The van der Waals surface area contributed by atoms with E-state index in [4.69, 9.17) is 9.72 Å². The molecule has 6 nitrogen and oxygen atoms in total. The van der Waals surface area contributed by atoms with Gasteiger partial charge in [0, 0.05) is 30.6 Å². The summed E-state index contributed by atoms with van der Waals surface area (Å²) >= 11 is -1.47. The average Bonchev–Trinajstić information content (AvgIpc) is 2.83. The molecule has 1 aromatic heterocycles. The van der Waals surface area contributed by atoms with Gasteiger partial charge in [-0.05, 0) is 73.9 Å². The number of ether oxygens (including phenoxy) is 1. The van der Waals surface area contributed by atoms with Crippen molar-refractivity contribution in [3.8, 4) is 17.1 Å². The van der Waals surface area contributed by atoms with Gasteiger partial charge in [0.25, 0.3) is 5.95 Å². The van der Waals surface area contributed by atoms with Crippen LogP contribution in [0.1, 0.15) is 37.0 Å². The van der Waals surface area contributed by atoms with Crippen LogP contribution in [0.2, 0.25) is 0 Å². The zero-order valence-electron chi connectivity index (χ0n) is 21.7. The first-order valence-corrected chi connectivity index (χ1v) is 14.1. The van der Waals surface area contributed by atoms with E-state index in [1.54, 1.807) is 0 Å². The first kappa shape index (κ1) is 25.1. The molecular formula is C29H36N4O2S. The number of fused-ring (bicyclic) bond motifs is 5. The van der Waals surface area contributed by atoms with Crippen LogP contribution in [0.4, 0.5) is 5.95 Å². The van der Waals surface area contributed by atoms with Crippen LogP contribution in [0.25, 0.3) is 11.3 Å². The standard InChI is InChI=1S/C29H36N4O2S/c1-19(2)16-33-12-11-23-13-22-9-6-10-25(14-22)36(34)32-29-30-26(28-20(3)7-5-8-21(28)4)15-27(31-29)35-18-24(23)17-33/h5-10,14-15,19,23-24H,11-13,16-18H2,1-4H3,(H,30,31,32)/t23?,24-,36?/m1/s1. The third kappa shape index (κ3) is 5.69. The van der Waals surface area contributed by atoms with Gasteiger partial charge in [0.2, 0.25) is 5.88 Å². The summed E-state index contributed by atoms with van der Waals surface area (Å²) in [4.78, 5) is 12.7. The zero-order chi connectivity index (χ0) is 25.2. The van der Waals surface area contributed by atoms with Crippen molar-refractivity contribution in [1.29, 1.82) is 0 Å². The summed E-state index contributed by atoms with van der Waals surface area (Å²) in [6.07, 6.45) is 2.10. The Kier molecular flexibility index (Phi) is 7.51. The fraction of sp³-hybridized carbons (Fsp3) is 0.448. The van der Waals surface area contributed by atoms with Crippen LogP contribution in [-0.4, -0.2) is 45.7 Å². The Labute approximate surface area is 217 Å². The van der Waals surface area contributed by atoms with Crippen LogP contribution in [0, 0.1) is 31.6 Å². The number of aryl methyl sites for hydroxylation is 2. The van der Waals surface area contributed by atoms with Crippen LogP contribution >= 0.6 is 0 Å². The van der Waals surface area contributed by atoms with Crippen molar-refractivity contribution in [3.05, 3.63) is 65.2 Å². The van der Waals surface area contributed by atoms with Crippen molar-refractivity contribution in [2.45, 2.75) is 45.4 Å². The Morgan fingerprint density at radius 1 is 1.08 bits per heavy atom. The van der Waals surface area contributed by atoms with Crippen molar-refractivity contribution in [1.82, 2.24) is 14.9 Å². The van der Waals surface area contributed by atoms with Crippen molar-refractivity contribution in [3.63, 3.8) is 0 Å². The lowest BCUT2D eigenvalue weighted by molar-refractivity contribution is 0.0722. The van der Waals surface area contributed by atoms with Gasteiger partial charge in [-0.3, -0.25) is 0 Å². The average molecular weight is 505 g/mol. The summed E-state index contributed by atoms with van der Waals surface area (Å²) in [5, 5.41) is 0. The van der Waals surface area contributed by atoms with Crippen molar-refractivity contribution in [2.24, 2.45) is 17.8 Å². The molecule has 3 atom stereocenters. The number of hydrogen-bond acceptors (Lipinski definition) is 6. The number of hydrogen-bond donors (Lipinski definition) is 1. The summed E-state index contributed by atoms with van der Waals surface area (Å²) in [5.74, 6) is 2.37. The van der Waals surface area contributed by atoms with Gasteiger partial charge in [-0.15, -0.1) is 0 Å². The summed E-state index contributed by atoms with van der Waals surface area (Å²) < 4.78 is 22.7. The molecule has 2 unspecified atom stereocenters. The number of benzene rings is 2. The lowest BCUT2D eigenvalue weighted by Crippen LogP contribution is -2.44. The molecule has 3 aromatic rings. The molecule has 0 radical (unpaired) electrons. The Balaban J connectivity index is 1.54. The van der Waals surface area contributed by atoms with Crippen molar-refractivity contribution >= 4 is 17.3 Å². The van der Waals surface area contributed by atoms with Gasteiger partial charge < -0.3 is 14.2 Å². The van der Waals surface area contributed by atoms with E-state index in [0.717, 1.165) is 59.8 Å². The van der Waals surface area contributed by atoms with Gasteiger partial charge in [-0.1, -0.05) is 44.2 Å². The molecule has 5 rings (SSSR count). The predicted molar refractivity (Wildman–Crippen MR) is 145 cm³/mol. The van der Waals surface area contributed by atoms with E-state index in [9.17, 15) is 4.55 Å². The molecule has 2 aliphatic rings. The van der Waals surface area contributed by atoms with E-state index in [2.05, 4.69) is 72.6 Å². The largest absolute Gasteiger partial charge is 0.588 e. The van der Waals surface area contributed by atoms with E-state index in [0.29, 0.717) is 36.2 Å². The number of nitrogens with one attached hydrogen (secondary N) is 1. The van der Waals surface area contributed by atoms with Gasteiger partial charge >= 0.3 is 0 Å². The highest BCUT2D eigenvalue weighted by atomic mass is 32.2. The molecule has 36 heavy (non-hydrogen) atoms. The zero-order valence-corrected chi connectivity index (χ0v) is 22.5. The minimum absolute atomic E-state index is 0.315. The molecule has 190 valence electrons. The topological polar surface area (TPSA) is 73.3 Å². The van der Waals surface area contributed by atoms with E-state index in [1.165, 1.54) is 5.56 Å². The molecule has 0 aliphatic carbocycles. The third-order valence-electron chi connectivity index (χ3n) is 7.28. The molecule has 0 spiro atoms. The second-order valence-corrected chi connectivity index (χ2v) is 11.9. The van der Waals surface area contributed by atoms with E-state index >= 15 is 0 Å². The monoisotopic (exact) mass is 504 g/mol. The summed E-state index contributed by atoms with van der Waals surface area (Å²) in [6, 6.07) is 16.3. The van der Waals surface area contributed by atoms with Crippen LogP contribution in [-0.2, 0) is 17.8 Å². The lowest BCUT2D eigenvalue weighted by atomic mass is 9.81. The molecule has 0 amide bonds. The van der Waals surface area contributed by atoms with Gasteiger partial charge in [0.15, 0.2) is 4.90 Å². The van der Waals surface area contributed by atoms with E-state index in [1.807, 2.05) is 18.2 Å². The number of aromatic nitrogens is 2. The molecule has 1 saturated heterocycles. The number of rotatable bonds is 3. The normalized spacial score (nSPS) is 22.4. The smallest absolute Gasteiger partial charge is 0.269 e. The van der Waals surface area contributed by atoms with Crippen LogP contribution in [0.5, 0.6) is 5.88 Å². The molecule has 3 heterocycles. The highest BCUT2D eigenvalue weighted by Gasteiger charge is 2.31. The Bertz CT molecular complexity index is 1200. The van der Waals surface area contributed by atoms with Crippen LogP contribution < -0.4 is 9.46 Å². The number of piperidine rings is 1. The minimum Gasteiger partial charge on any atom is -0.588 e. The quantitative estimate of drug-likeness (QED) is 0.480. The van der Waals surface area contributed by atoms with E-state index in [-0.39, 0.29) is 0 Å². The summed E-state index contributed by atoms with van der Waals surface area (Å²) in [7, 11) is 0. The number of likely N-dealkylation sites (tertiary alicyclic amines) is 1. The minimum atomic E-state index is -1.47. The molecule has 7 heteroatoms. The van der Waals surface area contributed by atoms with Gasteiger partial charge in [-0.25, -0.2) is 4.98 Å². The lowest BCUT2D eigenvalue weighted by Gasteiger charge is -2.39. The molecule has 1 N–H and O–H groups in total. The predicted octanol–water partition coefficient (Wildman–Crippen LogP) is 5.42. The first-order valence-electron chi connectivity index (χ1n) is 12.9. The molecule has 2 aromatic carbocycles. The van der Waals surface area contributed by atoms with Crippen molar-refractivity contribution < 1.29 is 9.29 Å². The molecule has 4 bridgehead atoms. The molecular weight excluding hydrogens is 468 g/mol. The molecule has 0 saturated carbocycles. The maximum atomic E-state index is 13.3.